The van der Waals surface area contributed by atoms with Crippen molar-refractivity contribution in [3.8, 4) is 40.2 Å². The quantitative estimate of drug-likeness (QED) is 0.111. The van der Waals surface area contributed by atoms with Gasteiger partial charge in [0.1, 0.15) is 6.17 Å². The number of methoxy groups -OCH3 is 5. The van der Waals surface area contributed by atoms with Crippen molar-refractivity contribution in [2.75, 3.05) is 54.1 Å². The van der Waals surface area contributed by atoms with E-state index in [1.807, 2.05) is 48.5 Å². The summed E-state index contributed by atoms with van der Waals surface area (Å²) in [6.45, 7) is 1.01. The number of amides is 1. The van der Waals surface area contributed by atoms with Gasteiger partial charge in [-0.15, -0.1) is 0 Å². The van der Waals surface area contributed by atoms with Crippen LogP contribution >= 0.6 is 11.6 Å². The zero-order valence-electron chi connectivity index (χ0n) is 29.7. The van der Waals surface area contributed by atoms with Crippen molar-refractivity contribution >= 4 is 28.9 Å². The van der Waals surface area contributed by atoms with Crippen LogP contribution in [0, 0.1) is 0 Å². The van der Waals surface area contributed by atoms with E-state index in [1.54, 1.807) is 53.7 Å². The Kier molecular flexibility index (Phi) is 11.6. The van der Waals surface area contributed by atoms with Gasteiger partial charge in [0.15, 0.2) is 40.6 Å². The maximum atomic E-state index is 12.7. The van der Waals surface area contributed by atoms with Gasteiger partial charge in [-0.2, -0.15) is 0 Å². The van der Waals surface area contributed by atoms with E-state index in [-0.39, 0.29) is 12.0 Å². The summed E-state index contributed by atoms with van der Waals surface area (Å²) in [6.07, 6.45) is 2.29. The van der Waals surface area contributed by atoms with Crippen LogP contribution in [0.2, 0.25) is 5.02 Å². The zero-order chi connectivity index (χ0) is 36.6. The molecule has 0 bridgehead atoms. The van der Waals surface area contributed by atoms with E-state index in [2.05, 4.69) is 15.8 Å². The Morgan fingerprint density at radius 1 is 0.692 bits per heavy atom. The van der Waals surface area contributed by atoms with Gasteiger partial charge in [0.25, 0.3) is 5.91 Å². The molecule has 4 aromatic rings. The molecule has 4 aromatic carbocycles. The molecule has 0 spiro atoms. The first-order valence-corrected chi connectivity index (χ1v) is 17.3. The molecule has 274 valence electrons. The second-order valence-electron chi connectivity index (χ2n) is 12.0. The number of nitrogens with zero attached hydrogens (tertiary/aromatic N) is 1. The molecule has 2 N–H and O–H groups in total. The lowest BCUT2D eigenvalue weighted by molar-refractivity contribution is 0.0853. The highest BCUT2D eigenvalue weighted by Gasteiger charge is 2.29. The van der Waals surface area contributed by atoms with E-state index in [0.29, 0.717) is 76.2 Å². The molecule has 0 aliphatic carbocycles. The Balaban J connectivity index is 0.982. The van der Waals surface area contributed by atoms with E-state index in [0.717, 1.165) is 41.7 Å². The third-order valence-corrected chi connectivity index (χ3v) is 9.08. The minimum Gasteiger partial charge on any atom is -0.493 e. The van der Waals surface area contributed by atoms with Crippen LogP contribution in [-0.4, -0.2) is 60.4 Å². The molecule has 0 saturated heterocycles. The highest BCUT2D eigenvalue weighted by Crippen LogP contribution is 2.43. The van der Waals surface area contributed by atoms with Crippen molar-refractivity contribution in [2.24, 2.45) is 5.16 Å². The number of halogens is 1. The summed E-state index contributed by atoms with van der Waals surface area (Å²) in [4.78, 5) is 18.5. The Morgan fingerprint density at radius 3 is 2.08 bits per heavy atom. The molecule has 1 amide bonds. The van der Waals surface area contributed by atoms with Gasteiger partial charge in [-0.3, -0.25) is 4.79 Å². The van der Waals surface area contributed by atoms with Crippen LogP contribution in [-0.2, 0) is 4.84 Å². The SMILES string of the molecule is COc1cc(C2NC(=O)c3cc(Cl)ccc3N2)ccc1OCCCCCOc1cccc(C2=NOC(c3cc(OC)c(OC)c(OC)c3)C2)c1OC. The van der Waals surface area contributed by atoms with Crippen molar-refractivity contribution < 1.29 is 42.8 Å². The lowest BCUT2D eigenvalue weighted by Crippen LogP contribution is -2.38. The topological polar surface area (TPSA) is 127 Å². The number of rotatable bonds is 16. The lowest BCUT2D eigenvalue weighted by Gasteiger charge is -2.28. The molecule has 2 heterocycles. The number of fused-ring (bicyclic) bond motifs is 1. The average Bonchev–Trinajstić information content (AvgIpc) is 3.67. The fourth-order valence-electron chi connectivity index (χ4n) is 6.20. The van der Waals surface area contributed by atoms with Crippen LogP contribution in [0.3, 0.4) is 0 Å². The second kappa shape index (κ2) is 16.7. The molecule has 6 rings (SSSR count). The van der Waals surface area contributed by atoms with Crippen LogP contribution < -0.4 is 43.8 Å². The minimum atomic E-state index is -0.423. The van der Waals surface area contributed by atoms with Crippen molar-refractivity contribution in [2.45, 2.75) is 38.0 Å². The Bertz CT molecular complexity index is 1910. The van der Waals surface area contributed by atoms with Crippen LogP contribution in [0.15, 0.2) is 71.9 Å². The molecule has 52 heavy (non-hydrogen) atoms. The third kappa shape index (κ3) is 7.86. The minimum absolute atomic E-state index is 0.198. The number of nitrogens with one attached hydrogen (secondary N) is 2. The Labute approximate surface area is 307 Å². The summed E-state index contributed by atoms with van der Waals surface area (Å²) in [7, 11) is 7.94. The summed E-state index contributed by atoms with van der Waals surface area (Å²) < 4.78 is 40.1. The fourth-order valence-corrected chi connectivity index (χ4v) is 6.37. The van der Waals surface area contributed by atoms with Gasteiger partial charge in [-0.05, 0) is 79.4 Å². The molecule has 0 fully saturated rings. The van der Waals surface area contributed by atoms with Crippen molar-refractivity contribution in [1.29, 1.82) is 0 Å². The van der Waals surface area contributed by atoms with E-state index in [4.69, 9.17) is 49.6 Å². The molecule has 2 aliphatic heterocycles. The third-order valence-electron chi connectivity index (χ3n) is 8.85. The van der Waals surface area contributed by atoms with Gasteiger partial charge >= 0.3 is 0 Å². The number of anilines is 1. The number of carbonyl (C=O) groups excluding carboxylic acids is 1. The number of hydrogen-bond acceptors (Lipinski definition) is 11. The number of para-hydroxylation sites is 1. The van der Waals surface area contributed by atoms with Gasteiger partial charge in [0.05, 0.1) is 60.0 Å². The van der Waals surface area contributed by atoms with Crippen LogP contribution in [0.1, 0.15) is 65.0 Å². The maximum Gasteiger partial charge on any atom is 0.255 e. The first-order chi connectivity index (χ1) is 25.4. The summed E-state index contributed by atoms with van der Waals surface area (Å²) in [5.41, 5.74) is 4.46. The smallest absolute Gasteiger partial charge is 0.255 e. The van der Waals surface area contributed by atoms with Crippen molar-refractivity contribution in [1.82, 2.24) is 5.32 Å². The van der Waals surface area contributed by atoms with Gasteiger partial charge in [0, 0.05) is 28.3 Å². The standard InChI is InChI=1S/C39H42ClN3O9/c1-45-33-18-23(38-41-28-14-13-25(40)21-27(28)39(44)42-38)12-15-30(33)50-16-7-6-8-17-51-31-11-9-10-26(36(31)48-4)29-22-32(52-43-29)24-19-34(46-2)37(49-5)35(20-24)47-3/h9-15,18-21,32,38,41H,6-8,16-17,22H2,1-5H3,(H,42,44). The fraction of sp³-hybridized carbons (Fsp3) is 0.333. The van der Waals surface area contributed by atoms with E-state index < -0.39 is 6.17 Å². The lowest BCUT2D eigenvalue weighted by atomic mass is 9.98. The largest absolute Gasteiger partial charge is 0.493 e. The Hall–Kier alpha value is -5.49. The molecular formula is C39H42ClN3O9. The number of benzene rings is 4. The normalized spacial score (nSPS) is 16.0. The molecular weight excluding hydrogens is 690 g/mol. The number of oxime groups is 1. The van der Waals surface area contributed by atoms with Crippen molar-refractivity contribution in [3.05, 3.63) is 94.0 Å². The van der Waals surface area contributed by atoms with Crippen LogP contribution in [0.4, 0.5) is 5.69 Å². The number of unbranched alkanes of at least 4 members (excludes halogenated alkanes) is 2. The van der Waals surface area contributed by atoms with Gasteiger partial charge in [-0.1, -0.05) is 28.9 Å². The van der Waals surface area contributed by atoms with Crippen molar-refractivity contribution in [3.63, 3.8) is 0 Å². The van der Waals surface area contributed by atoms with E-state index in [9.17, 15) is 4.79 Å². The summed E-state index contributed by atoms with van der Waals surface area (Å²) >= 11 is 6.07. The summed E-state index contributed by atoms with van der Waals surface area (Å²) in [5.74, 6) is 3.86. The first kappa shape index (κ1) is 36.3. The molecule has 2 unspecified atom stereocenters. The maximum absolute atomic E-state index is 12.7. The molecule has 13 heteroatoms. The number of ether oxygens (including phenoxy) is 7. The van der Waals surface area contributed by atoms with E-state index >= 15 is 0 Å². The summed E-state index contributed by atoms with van der Waals surface area (Å²) in [5, 5.41) is 11.2. The predicted octanol–water partition coefficient (Wildman–Crippen LogP) is 7.73. The van der Waals surface area contributed by atoms with Gasteiger partial charge in [0.2, 0.25) is 5.75 Å². The molecule has 12 nitrogen and oxygen atoms in total. The molecule has 2 atom stereocenters. The second-order valence-corrected chi connectivity index (χ2v) is 12.5. The van der Waals surface area contributed by atoms with E-state index in [1.165, 1.54) is 0 Å². The first-order valence-electron chi connectivity index (χ1n) is 16.9. The zero-order valence-corrected chi connectivity index (χ0v) is 30.5. The number of hydrogen-bond donors (Lipinski definition) is 2. The molecule has 0 radical (unpaired) electrons. The van der Waals surface area contributed by atoms with Gasteiger partial charge in [-0.25, -0.2) is 0 Å². The van der Waals surface area contributed by atoms with Gasteiger partial charge < -0.3 is 48.6 Å². The average molecular weight is 732 g/mol. The number of carbonyl (C=O) groups is 1. The predicted molar refractivity (Wildman–Crippen MR) is 197 cm³/mol. The molecule has 2 aliphatic rings. The van der Waals surface area contributed by atoms with Crippen LogP contribution in [0.25, 0.3) is 0 Å². The molecule has 0 saturated carbocycles. The van der Waals surface area contributed by atoms with Crippen LogP contribution in [0.5, 0.6) is 40.2 Å². The Morgan fingerprint density at radius 2 is 1.38 bits per heavy atom. The monoisotopic (exact) mass is 731 g/mol. The highest BCUT2D eigenvalue weighted by atomic mass is 35.5. The highest BCUT2D eigenvalue weighted by molar-refractivity contribution is 6.31. The summed E-state index contributed by atoms with van der Waals surface area (Å²) in [6, 6.07) is 20.3. The molecule has 0 aromatic heterocycles.